The Morgan fingerprint density at radius 3 is 2.76 bits per heavy atom. The van der Waals surface area contributed by atoms with Gasteiger partial charge in [0.25, 0.3) is 0 Å². The van der Waals surface area contributed by atoms with Gasteiger partial charge in [-0.2, -0.15) is 0 Å². The topological polar surface area (TPSA) is 96.4 Å². The maximum absolute atomic E-state index is 12.2. The van der Waals surface area contributed by atoms with Crippen LogP contribution in [0.25, 0.3) is 16.1 Å². The summed E-state index contributed by atoms with van der Waals surface area (Å²) in [4.78, 5) is 25.3. The van der Waals surface area contributed by atoms with Crippen LogP contribution < -0.4 is 15.0 Å². The predicted octanol–water partition coefficient (Wildman–Crippen LogP) is 3.88. The maximum atomic E-state index is 12.2. The first-order valence-electron chi connectivity index (χ1n) is 12.4. The van der Waals surface area contributed by atoms with Gasteiger partial charge in [0.05, 0.1) is 31.7 Å². The average Bonchev–Trinajstić information content (AvgIpc) is 3.61. The van der Waals surface area contributed by atoms with Gasteiger partial charge in [0, 0.05) is 37.8 Å². The van der Waals surface area contributed by atoms with Crippen molar-refractivity contribution >= 4 is 33.8 Å². The summed E-state index contributed by atoms with van der Waals surface area (Å²) in [7, 11) is 3.49. The van der Waals surface area contributed by atoms with Crippen LogP contribution in [0.15, 0.2) is 60.9 Å². The molecule has 0 atom stereocenters. The molecular formula is C28H27N7O2S. The number of hydrogen-bond acceptors (Lipinski definition) is 9. The van der Waals surface area contributed by atoms with Gasteiger partial charge in [-0.25, -0.2) is 4.98 Å². The summed E-state index contributed by atoms with van der Waals surface area (Å²) in [6.45, 7) is 2.40. The summed E-state index contributed by atoms with van der Waals surface area (Å²) in [5, 5.41) is 13.8. The van der Waals surface area contributed by atoms with E-state index in [1.54, 1.807) is 24.4 Å². The number of rotatable bonds is 7. The van der Waals surface area contributed by atoms with E-state index in [0.29, 0.717) is 19.6 Å². The lowest BCUT2D eigenvalue weighted by Gasteiger charge is -2.32. The molecular weight excluding hydrogens is 498 g/mol. The Morgan fingerprint density at radius 1 is 1.08 bits per heavy atom. The number of amides is 1. The van der Waals surface area contributed by atoms with Crippen molar-refractivity contribution in [1.82, 2.24) is 25.1 Å². The van der Waals surface area contributed by atoms with Gasteiger partial charge in [-0.15, -0.1) is 10.2 Å². The van der Waals surface area contributed by atoms with Gasteiger partial charge in [-0.05, 0) is 41.3 Å². The molecule has 2 aliphatic rings. The molecule has 4 aromatic rings. The third-order valence-electron chi connectivity index (χ3n) is 6.88. The van der Waals surface area contributed by atoms with Crippen LogP contribution in [0.2, 0.25) is 0 Å². The zero-order valence-electron chi connectivity index (χ0n) is 21.2. The molecule has 0 saturated carbocycles. The fourth-order valence-electron chi connectivity index (χ4n) is 4.63. The number of carbonyl (C=O) groups excluding carboxylic acids is 1. The number of fused-ring (bicyclic) bond motifs is 1. The highest BCUT2D eigenvalue weighted by molar-refractivity contribution is 7.18. The van der Waals surface area contributed by atoms with Crippen LogP contribution in [0.5, 0.6) is 5.75 Å². The van der Waals surface area contributed by atoms with Crippen LogP contribution in [0.3, 0.4) is 0 Å². The van der Waals surface area contributed by atoms with E-state index in [2.05, 4.69) is 44.8 Å². The highest BCUT2D eigenvalue weighted by Crippen LogP contribution is 2.36. The number of ether oxygens (including phenoxy) is 1. The summed E-state index contributed by atoms with van der Waals surface area (Å²) in [6, 6.07) is 14.4. The average molecular weight is 526 g/mol. The second-order valence-electron chi connectivity index (χ2n) is 9.31. The fraction of sp³-hybridized carbons (Fsp3) is 0.250. The number of nitrogens with zero attached hydrogens (tertiary/aromatic N) is 6. The minimum atomic E-state index is 0.0911. The number of benzene rings is 2. The molecule has 1 saturated heterocycles. The number of anilines is 2. The molecule has 192 valence electrons. The third-order valence-corrected chi connectivity index (χ3v) is 7.81. The summed E-state index contributed by atoms with van der Waals surface area (Å²) in [5.74, 6) is 1.66. The number of nitrogens with one attached hydrogen (secondary N) is 1. The van der Waals surface area contributed by atoms with Crippen LogP contribution in [0.1, 0.15) is 22.4 Å². The number of likely N-dealkylation sites (N-methyl/N-ethyl adjacent to an activating group) is 1. The lowest BCUT2D eigenvalue weighted by molar-refractivity contribution is -0.129. The quantitative estimate of drug-likeness (QED) is 0.388. The van der Waals surface area contributed by atoms with E-state index in [1.807, 2.05) is 36.2 Å². The minimum absolute atomic E-state index is 0.0911. The number of hydrogen-bond donors (Lipinski definition) is 1. The third kappa shape index (κ3) is 4.82. The van der Waals surface area contributed by atoms with Crippen molar-refractivity contribution in [3.05, 3.63) is 83.3 Å². The molecule has 1 fully saturated rings. The standard InChI is InChI=1S/C28H27N7O2S/c1-34-11-12-35(17-26(34)36)25-16-29-15-24(31-25)22-10-7-19-5-6-20(13-23(19)22)27-32-33-28(38-27)30-14-18-3-8-21(37-2)9-4-18/h3-6,8-10,13,15-16H,7,11-12,14,17H2,1-2H3,(H,30,33). The molecule has 2 aromatic carbocycles. The number of methoxy groups -OCH3 is 1. The highest BCUT2D eigenvalue weighted by Gasteiger charge is 2.24. The van der Waals surface area contributed by atoms with E-state index in [-0.39, 0.29) is 5.91 Å². The van der Waals surface area contributed by atoms with Crippen molar-refractivity contribution in [2.75, 3.05) is 44.0 Å². The van der Waals surface area contributed by atoms with Gasteiger partial charge in [0.15, 0.2) is 0 Å². The first-order valence-corrected chi connectivity index (χ1v) is 13.2. The SMILES string of the molecule is COc1ccc(CNc2nnc(-c3ccc4c(c3)C(c3cncc(N5CCN(C)C(=O)C5)n3)=CC4)s2)cc1. The molecule has 1 N–H and O–H groups in total. The molecule has 0 unspecified atom stereocenters. The Bertz CT molecular complexity index is 1520. The lowest BCUT2D eigenvalue weighted by Crippen LogP contribution is -2.48. The van der Waals surface area contributed by atoms with Gasteiger partial charge in [0.2, 0.25) is 11.0 Å². The summed E-state index contributed by atoms with van der Waals surface area (Å²) < 4.78 is 5.22. The monoisotopic (exact) mass is 525 g/mol. The molecule has 10 heteroatoms. The molecule has 38 heavy (non-hydrogen) atoms. The van der Waals surface area contributed by atoms with Crippen LogP contribution in [0, 0.1) is 0 Å². The smallest absolute Gasteiger partial charge is 0.241 e. The Balaban J connectivity index is 1.19. The van der Waals surface area contributed by atoms with Crippen molar-refractivity contribution in [3.63, 3.8) is 0 Å². The largest absolute Gasteiger partial charge is 0.497 e. The normalized spacial score (nSPS) is 14.9. The first kappa shape index (κ1) is 24.1. The van der Waals surface area contributed by atoms with Gasteiger partial charge in [-0.1, -0.05) is 41.7 Å². The van der Waals surface area contributed by atoms with Crippen molar-refractivity contribution in [2.45, 2.75) is 13.0 Å². The Labute approximate surface area is 224 Å². The molecule has 3 heterocycles. The molecule has 0 bridgehead atoms. The number of carbonyl (C=O) groups is 1. The van der Waals surface area contributed by atoms with Crippen molar-refractivity contribution in [2.24, 2.45) is 0 Å². The van der Waals surface area contributed by atoms with Crippen LogP contribution in [0.4, 0.5) is 10.9 Å². The van der Waals surface area contributed by atoms with Gasteiger partial charge < -0.3 is 19.9 Å². The Kier molecular flexibility index (Phi) is 6.47. The van der Waals surface area contributed by atoms with E-state index in [1.165, 1.54) is 16.9 Å². The van der Waals surface area contributed by atoms with Gasteiger partial charge >= 0.3 is 0 Å². The van der Waals surface area contributed by atoms with Gasteiger partial charge in [-0.3, -0.25) is 9.78 Å². The minimum Gasteiger partial charge on any atom is -0.497 e. The summed E-state index contributed by atoms with van der Waals surface area (Å²) in [6.07, 6.45) is 6.56. The zero-order chi connectivity index (χ0) is 26.1. The number of piperazine rings is 1. The van der Waals surface area contributed by atoms with E-state index >= 15 is 0 Å². The van der Waals surface area contributed by atoms with E-state index < -0.39 is 0 Å². The Morgan fingerprint density at radius 2 is 1.95 bits per heavy atom. The van der Waals surface area contributed by atoms with Gasteiger partial charge in [0.1, 0.15) is 16.6 Å². The first-order chi connectivity index (χ1) is 18.6. The molecule has 2 aromatic heterocycles. The van der Waals surface area contributed by atoms with Crippen LogP contribution in [-0.2, 0) is 17.8 Å². The lowest BCUT2D eigenvalue weighted by atomic mass is 10.0. The second kappa shape index (κ2) is 10.2. The molecule has 6 rings (SSSR count). The number of allylic oxidation sites excluding steroid dienone is 1. The van der Waals surface area contributed by atoms with E-state index in [4.69, 9.17) is 9.72 Å². The summed E-state index contributed by atoms with van der Waals surface area (Å²) in [5.41, 5.74) is 6.39. The number of aromatic nitrogens is 4. The molecule has 0 spiro atoms. The summed E-state index contributed by atoms with van der Waals surface area (Å²) >= 11 is 1.53. The predicted molar refractivity (Wildman–Crippen MR) is 148 cm³/mol. The van der Waals surface area contributed by atoms with E-state index in [0.717, 1.165) is 62.6 Å². The van der Waals surface area contributed by atoms with Crippen LogP contribution in [-0.4, -0.2) is 64.8 Å². The zero-order valence-corrected chi connectivity index (χ0v) is 22.0. The molecule has 1 aliphatic carbocycles. The van der Waals surface area contributed by atoms with E-state index in [9.17, 15) is 4.79 Å². The maximum Gasteiger partial charge on any atom is 0.241 e. The molecule has 1 amide bonds. The second-order valence-corrected chi connectivity index (χ2v) is 10.3. The Hall–Kier alpha value is -4.31. The van der Waals surface area contributed by atoms with Crippen molar-refractivity contribution in [1.29, 1.82) is 0 Å². The molecule has 9 nitrogen and oxygen atoms in total. The highest BCUT2D eigenvalue weighted by atomic mass is 32.1. The van der Waals surface area contributed by atoms with Crippen molar-refractivity contribution in [3.8, 4) is 16.3 Å². The van der Waals surface area contributed by atoms with Crippen LogP contribution >= 0.6 is 11.3 Å². The fourth-order valence-corrected chi connectivity index (χ4v) is 5.36. The molecule has 0 radical (unpaired) electrons. The molecule has 1 aliphatic heterocycles. The van der Waals surface area contributed by atoms with Crippen molar-refractivity contribution < 1.29 is 9.53 Å².